The molecule has 13 heteroatoms. The zero-order chi connectivity index (χ0) is 28.3. The van der Waals surface area contributed by atoms with Gasteiger partial charge in [-0.2, -0.15) is 0 Å². The molecule has 3 N–H and O–H groups in total. The van der Waals surface area contributed by atoms with E-state index in [1.165, 1.54) is 17.5 Å². The number of aromatic nitrogens is 2. The molecule has 0 aromatic carbocycles. The molecule has 2 amide bonds. The Morgan fingerprint density at radius 1 is 1.18 bits per heavy atom. The van der Waals surface area contributed by atoms with Crippen molar-refractivity contribution in [3.8, 4) is 0 Å². The standard InChI is InChI=1S/C26H33ClN6O4S2/c1-26(2,3)37-25(36)14-5-7-16(30-23(38)21(34)32-20-8-6-15(27)12-28-20)18(11-14)29-22(35)24-31-17-9-10-33(4)13-19(17)39-24/h6,8,12,14,16,18H,5,7,9-11,13H2,1-4H3,(H,29,35)(H,30,38)(H,28,32,34). The van der Waals surface area contributed by atoms with Crippen LogP contribution in [0.3, 0.4) is 0 Å². The first-order valence-corrected chi connectivity index (χ1v) is 14.4. The van der Waals surface area contributed by atoms with Crippen molar-refractivity contribution in [1.29, 1.82) is 0 Å². The smallest absolute Gasteiger partial charge is 0.309 e. The van der Waals surface area contributed by atoms with Gasteiger partial charge in [0.15, 0.2) is 10.00 Å². The molecule has 2 aliphatic rings. The molecule has 0 radical (unpaired) electrons. The summed E-state index contributed by atoms with van der Waals surface area (Å²) in [4.78, 5) is 50.8. The molecule has 3 heterocycles. The van der Waals surface area contributed by atoms with E-state index in [9.17, 15) is 14.4 Å². The lowest BCUT2D eigenvalue weighted by Crippen LogP contribution is -2.56. The minimum absolute atomic E-state index is 0.0422. The van der Waals surface area contributed by atoms with Crippen molar-refractivity contribution in [3.05, 3.63) is 38.9 Å². The molecule has 210 valence electrons. The van der Waals surface area contributed by atoms with Crippen molar-refractivity contribution in [1.82, 2.24) is 25.5 Å². The highest BCUT2D eigenvalue weighted by Gasteiger charge is 2.38. The Bertz CT molecular complexity index is 1250. The number of carbonyl (C=O) groups is 3. The van der Waals surface area contributed by atoms with Gasteiger partial charge in [0.1, 0.15) is 11.4 Å². The van der Waals surface area contributed by atoms with Crippen molar-refractivity contribution < 1.29 is 19.1 Å². The van der Waals surface area contributed by atoms with E-state index in [2.05, 4.69) is 30.8 Å². The number of hydrogen-bond donors (Lipinski definition) is 3. The predicted molar refractivity (Wildman–Crippen MR) is 154 cm³/mol. The van der Waals surface area contributed by atoms with E-state index >= 15 is 0 Å². The van der Waals surface area contributed by atoms with Crippen LogP contribution in [-0.4, -0.2) is 68.9 Å². The van der Waals surface area contributed by atoms with Crippen molar-refractivity contribution >= 4 is 63.7 Å². The third-order valence-electron chi connectivity index (χ3n) is 6.51. The summed E-state index contributed by atoms with van der Waals surface area (Å²) in [5.74, 6) is -1.23. The molecule has 1 aliphatic heterocycles. The van der Waals surface area contributed by atoms with E-state index in [0.29, 0.717) is 35.1 Å². The van der Waals surface area contributed by atoms with Crippen LogP contribution in [0.2, 0.25) is 5.02 Å². The molecule has 0 bridgehead atoms. The van der Waals surface area contributed by atoms with Gasteiger partial charge in [0.25, 0.3) is 11.8 Å². The molecule has 39 heavy (non-hydrogen) atoms. The number of thiocarbonyl (C=S) groups is 1. The number of hydrogen-bond acceptors (Lipinski definition) is 9. The van der Waals surface area contributed by atoms with E-state index in [1.54, 1.807) is 12.1 Å². The average Bonchev–Trinajstić information content (AvgIpc) is 3.28. The minimum atomic E-state index is -0.618. The van der Waals surface area contributed by atoms with Crippen LogP contribution in [0.5, 0.6) is 0 Å². The summed E-state index contributed by atoms with van der Waals surface area (Å²) in [5, 5.41) is 9.63. The number of amides is 2. The summed E-state index contributed by atoms with van der Waals surface area (Å²) in [5.41, 5.74) is 0.342. The number of fused-ring (bicyclic) bond motifs is 1. The second kappa shape index (κ2) is 12.2. The summed E-state index contributed by atoms with van der Waals surface area (Å²) in [6, 6.07) is 2.33. The maximum Gasteiger partial charge on any atom is 0.309 e. The summed E-state index contributed by atoms with van der Waals surface area (Å²) in [6.07, 6.45) is 3.59. The maximum atomic E-state index is 13.3. The molecular weight excluding hydrogens is 560 g/mol. The van der Waals surface area contributed by atoms with Crippen molar-refractivity contribution in [2.24, 2.45) is 5.92 Å². The topological polar surface area (TPSA) is 126 Å². The predicted octanol–water partition coefficient (Wildman–Crippen LogP) is 3.34. The number of anilines is 1. The van der Waals surface area contributed by atoms with E-state index in [0.717, 1.165) is 30.1 Å². The number of likely N-dealkylation sites (N-methyl/N-ethyl adjacent to an activating group) is 1. The summed E-state index contributed by atoms with van der Waals surface area (Å²) in [7, 11) is 2.04. The van der Waals surface area contributed by atoms with Crippen LogP contribution in [0.15, 0.2) is 18.3 Å². The van der Waals surface area contributed by atoms with Crippen LogP contribution in [0.4, 0.5) is 5.82 Å². The van der Waals surface area contributed by atoms with Gasteiger partial charge < -0.3 is 25.6 Å². The second-order valence-electron chi connectivity index (χ2n) is 10.9. The molecule has 0 saturated heterocycles. The summed E-state index contributed by atoms with van der Waals surface area (Å²) >= 11 is 12.6. The summed E-state index contributed by atoms with van der Waals surface area (Å²) in [6.45, 7) is 7.14. The Kier molecular flexibility index (Phi) is 9.20. The van der Waals surface area contributed by atoms with Gasteiger partial charge in [0.2, 0.25) is 0 Å². The minimum Gasteiger partial charge on any atom is -0.460 e. The number of nitrogens with zero attached hydrogens (tertiary/aromatic N) is 3. The fourth-order valence-electron chi connectivity index (χ4n) is 4.61. The lowest BCUT2D eigenvalue weighted by Gasteiger charge is -2.37. The largest absolute Gasteiger partial charge is 0.460 e. The lowest BCUT2D eigenvalue weighted by molar-refractivity contribution is -0.161. The highest BCUT2D eigenvalue weighted by Crippen LogP contribution is 2.29. The molecule has 2 aromatic rings. The van der Waals surface area contributed by atoms with Crippen molar-refractivity contribution in [2.75, 3.05) is 18.9 Å². The van der Waals surface area contributed by atoms with Crippen molar-refractivity contribution in [3.63, 3.8) is 0 Å². The van der Waals surface area contributed by atoms with Gasteiger partial charge in [-0.1, -0.05) is 23.8 Å². The van der Waals surface area contributed by atoms with Gasteiger partial charge in [-0.15, -0.1) is 11.3 Å². The maximum absolute atomic E-state index is 13.3. The molecule has 4 rings (SSSR count). The fourth-order valence-corrected chi connectivity index (χ4v) is 6.01. The zero-order valence-corrected chi connectivity index (χ0v) is 24.8. The van der Waals surface area contributed by atoms with Crippen molar-refractivity contribution in [2.45, 2.75) is 70.7 Å². The van der Waals surface area contributed by atoms with Crippen LogP contribution in [0, 0.1) is 5.92 Å². The van der Waals surface area contributed by atoms with E-state index < -0.39 is 23.5 Å². The Hall–Kier alpha value is -2.67. The molecule has 10 nitrogen and oxygen atoms in total. The fraction of sp³-hybridized carbons (Fsp3) is 0.538. The van der Waals surface area contributed by atoms with Crippen LogP contribution >= 0.6 is 35.2 Å². The van der Waals surface area contributed by atoms with Gasteiger partial charge in [0.05, 0.1) is 22.7 Å². The number of pyridine rings is 1. The number of esters is 1. The SMILES string of the molecule is CN1CCc2nc(C(=O)NC3CC(C(=O)OC(C)(C)C)CCC3NC(=S)C(=O)Nc3ccc(Cl)cn3)sc2C1. The average molecular weight is 593 g/mol. The molecule has 1 saturated carbocycles. The van der Waals surface area contributed by atoms with Crippen LogP contribution in [0.1, 0.15) is 60.4 Å². The first kappa shape index (κ1) is 29.3. The lowest BCUT2D eigenvalue weighted by atomic mass is 9.82. The highest BCUT2D eigenvalue weighted by atomic mass is 35.5. The van der Waals surface area contributed by atoms with Gasteiger partial charge in [-0.3, -0.25) is 14.4 Å². The van der Waals surface area contributed by atoms with E-state index in [4.69, 9.17) is 28.6 Å². The van der Waals surface area contributed by atoms with Crippen LogP contribution < -0.4 is 16.0 Å². The molecule has 2 aromatic heterocycles. The quantitative estimate of drug-likeness (QED) is 0.354. The first-order chi connectivity index (χ1) is 18.4. The summed E-state index contributed by atoms with van der Waals surface area (Å²) < 4.78 is 5.62. The number of ether oxygens (including phenoxy) is 1. The normalized spacial score (nSPS) is 21.4. The van der Waals surface area contributed by atoms with Gasteiger partial charge in [-0.05, 0) is 59.2 Å². The van der Waals surface area contributed by atoms with Gasteiger partial charge in [0, 0.05) is 36.6 Å². The number of thiazole rings is 1. The number of rotatable bonds is 5. The Labute approximate surface area is 242 Å². The third-order valence-corrected chi connectivity index (χ3v) is 8.12. The van der Waals surface area contributed by atoms with Gasteiger partial charge >= 0.3 is 5.97 Å². The highest BCUT2D eigenvalue weighted by molar-refractivity contribution is 7.82. The van der Waals surface area contributed by atoms with E-state index in [-0.39, 0.29) is 22.9 Å². The third kappa shape index (κ3) is 7.93. The first-order valence-electron chi connectivity index (χ1n) is 12.8. The molecule has 1 fully saturated rings. The molecule has 0 spiro atoms. The van der Waals surface area contributed by atoms with Gasteiger partial charge in [-0.25, -0.2) is 9.97 Å². The Morgan fingerprint density at radius 2 is 1.95 bits per heavy atom. The Balaban J connectivity index is 1.46. The molecule has 3 atom stereocenters. The monoisotopic (exact) mass is 592 g/mol. The van der Waals surface area contributed by atoms with E-state index in [1.807, 2.05) is 27.8 Å². The molecule has 3 unspecified atom stereocenters. The molecular formula is C26H33ClN6O4S2. The Morgan fingerprint density at radius 3 is 2.64 bits per heavy atom. The van der Waals surface area contributed by atoms with Crippen LogP contribution in [-0.2, 0) is 27.3 Å². The molecule has 1 aliphatic carbocycles. The zero-order valence-electron chi connectivity index (χ0n) is 22.4. The number of carbonyl (C=O) groups excluding carboxylic acids is 3. The second-order valence-corrected chi connectivity index (χ2v) is 12.8. The van der Waals surface area contributed by atoms with Crippen LogP contribution in [0.25, 0.3) is 0 Å². The number of nitrogens with one attached hydrogen (secondary N) is 3. The number of halogens is 1.